The van der Waals surface area contributed by atoms with Crippen molar-refractivity contribution in [2.75, 3.05) is 25.5 Å². The normalized spacial score (nSPS) is 12.8. The van der Waals surface area contributed by atoms with Crippen LogP contribution in [0.1, 0.15) is 13.8 Å². The molecule has 1 atom stereocenters. The van der Waals surface area contributed by atoms with Crippen molar-refractivity contribution < 1.29 is 0 Å². The SMILES string of the molecule is CNCC(CNc1ccccc1Cl)C(C)C. The van der Waals surface area contributed by atoms with E-state index in [4.69, 9.17) is 11.6 Å². The van der Waals surface area contributed by atoms with Crippen molar-refractivity contribution in [1.82, 2.24) is 5.32 Å². The van der Waals surface area contributed by atoms with Crippen LogP contribution in [0, 0.1) is 11.8 Å². The highest BCUT2D eigenvalue weighted by molar-refractivity contribution is 6.33. The van der Waals surface area contributed by atoms with Gasteiger partial charge < -0.3 is 10.6 Å². The molecule has 0 bridgehead atoms. The molecule has 1 aromatic carbocycles. The highest BCUT2D eigenvalue weighted by Gasteiger charge is 2.12. The van der Waals surface area contributed by atoms with Crippen LogP contribution in [0.4, 0.5) is 5.69 Å². The minimum Gasteiger partial charge on any atom is -0.384 e. The van der Waals surface area contributed by atoms with Gasteiger partial charge in [0.05, 0.1) is 10.7 Å². The number of benzene rings is 1. The summed E-state index contributed by atoms with van der Waals surface area (Å²) >= 11 is 6.09. The summed E-state index contributed by atoms with van der Waals surface area (Å²) in [7, 11) is 1.99. The van der Waals surface area contributed by atoms with Gasteiger partial charge in [-0.1, -0.05) is 37.6 Å². The molecular weight excluding hydrogens is 220 g/mol. The van der Waals surface area contributed by atoms with Gasteiger partial charge in [0.15, 0.2) is 0 Å². The molecular formula is C13H21ClN2. The Morgan fingerprint density at radius 1 is 1.19 bits per heavy atom. The summed E-state index contributed by atoms with van der Waals surface area (Å²) in [6.45, 7) is 6.46. The zero-order valence-corrected chi connectivity index (χ0v) is 11.0. The molecule has 3 heteroatoms. The maximum absolute atomic E-state index is 6.09. The van der Waals surface area contributed by atoms with Crippen molar-refractivity contribution in [3.05, 3.63) is 29.3 Å². The standard InChI is InChI=1S/C13H21ClN2/c1-10(2)11(8-15-3)9-16-13-7-5-4-6-12(13)14/h4-7,10-11,15-16H,8-9H2,1-3H3. The van der Waals surface area contributed by atoms with Crippen molar-refractivity contribution in [3.63, 3.8) is 0 Å². The fourth-order valence-electron chi connectivity index (χ4n) is 1.65. The molecule has 90 valence electrons. The molecule has 1 aromatic rings. The van der Waals surface area contributed by atoms with Crippen LogP contribution in [0.5, 0.6) is 0 Å². The van der Waals surface area contributed by atoms with Gasteiger partial charge in [0.1, 0.15) is 0 Å². The first-order chi connectivity index (χ1) is 7.65. The van der Waals surface area contributed by atoms with E-state index in [9.17, 15) is 0 Å². The zero-order chi connectivity index (χ0) is 12.0. The molecule has 0 aliphatic heterocycles. The quantitative estimate of drug-likeness (QED) is 0.798. The molecule has 0 heterocycles. The second-order valence-electron chi connectivity index (χ2n) is 4.42. The van der Waals surface area contributed by atoms with Gasteiger partial charge in [-0.2, -0.15) is 0 Å². The molecule has 0 spiro atoms. The van der Waals surface area contributed by atoms with Crippen LogP contribution in [0.2, 0.25) is 5.02 Å². The zero-order valence-electron chi connectivity index (χ0n) is 10.3. The monoisotopic (exact) mass is 240 g/mol. The van der Waals surface area contributed by atoms with Gasteiger partial charge in [0.25, 0.3) is 0 Å². The Bertz CT molecular complexity index is 313. The first-order valence-corrected chi connectivity index (χ1v) is 6.16. The Morgan fingerprint density at radius 3 is 2.44 bits per heavy atom. The number of halogens is 1. The summed E-state index contributed by atoms with van der Waals surface area (Å²) in [5, 5.41) is 7.42. The highest BCUT2D eigenvalue weighted by Crippen LogP contribution is 2.21. The fourth-order valence-corrected chi connectivity index (χ4v) is 1.85. The molecule has 2 N–H and O–H groups in total. The third-order valence-corrected chi connectivity index (χ3v) is 3.17. The largest absolute Gasteiger partial charge is 0.384 e. The molecule has 0 radical (unpaired) electrons. The molecule has 16 heavy (non-hydrogen) atoms. The molecule has 2 nitrogen and oxygen atoms in total. The van der Waals surface area contributed by atoms with E-state index >= 15 is 0 Å². The predicted octanol–water partition coefficient (Wildman–Crippen LogP) is 3.24. The van der Waals surface area contributed by atoms with Crippen molar-refractivity contribution >= 4 is 17.3 Å². The van der Waals surface area contributed by atoms with Crippen LogP contribution in [-0.4, -0.2) is 20.1 Å². The summed E-state index contributed by atoms with van der Waals surface area (Å²) in [4.78, 5) is 0. The van der Waals surface area contributed by atoms with Gasteiger partial charge >= 0.3 is 0 Å². The summed E-state index contributed by atoms with van der Waals surface area (Å²) in [5.74, 6) is 1.27. The number of rotatable bonds is 6. The third-order valence-electron chi connectivity index (χ3n) is 2.84. The van der Waals surface area contributed by atoms with Crippen molar-refractivity contribution in [1.29, 1.82) is 0 Å². The molecule has 0 aliphatic rings. The second kappa shape index (κ2) is 6.77. The van der Waals surface area contributed by atoms with Gasteiger partial charge in [0.2, 0.25) is 0 Å². The Balaban J connectivity index is 2.52. The minimum atomic E-state index is 0.612. The van der Waals surface area contributed by atoms with Gasteiger partial charge in [-0.3, -0.25) is 0 Å². The molecule has 1 unspecified atom stereocenters. The van der Waals surface area contributed by atoms with E-state index < -0.39 is 0 Å². The van der Waals surface area contributed by atoms with E-state index in [-0.39, 0.29) is 0 Å². The van der Waals surface area contributed by atoms with Crippen molar-refractivity contribution in [2.24, 2.45) is 11.8 Å². The van der Waals surface area contributed by atoms with E-state index in [0.717, 1.165) is 23.8 Å². The van der Waals surface area contributed by atoms with E-state index in [1.54, 1.807) is 0 Å². The lowest BCUT2D eigenvalue weighted by molar-refractivity contribution is 0.390. The molecule has 0 aliphatic carbocycles. The molecule has 0 aromatic heterocycles. The van der Waals surface area contributed by atoms with Gasteiger partial charge in [-0.05, 0) is 37.6 Å². The number of para-hydroxylation sites is 1. The van der Waals surface area contributed by atoms with Gasteiger partial charge in [0, 0.05) is 6.54 Å². The average molecular weight is 241 g/mol. The Hall–Kier alpha value is -0.730. The topological polar surface area (TPSA) is 24.1 Å². The minimum absolute atomic E-state index is 0.612. The van der Waals surface area contributed by atoms with E-state index in [1.165, 1.54) is 0 Å². The fraction of sp³-hybridized carbons (Fsp3) is 0.538. The first kappa shape index (κ1) is 13.3. The van der Waals surface area contributed by atoms with Gasteiger partial charge in [-0.25, -0.2) is 0 Å². The lowest BCUT2D eigenvalue weighted by Gasteiger charge is -2.21. The maximum atomic E-state index is 6.09. The van der Waals surface area contributed by atoms with Crippen LogP contribution in [0.25, 0.3) is 0 Å². The lowest BCUT2D eigenvalue weighted by atomic mass is 9.96. The van der Waals surface area contributed by atoms with Gasteiger partial charge in [-0.15, -0.1) is 0 Å². The second-order valence-corrected chi connectivity index (χ2v) is 4.83. The molecule has 0 amide bonds. The Morgan fingerprint density at radius 2 is 1.88 bits per heavy atom. The smallest absolute Gasteiger partial charge is 0.0637 e. The van der Waals surface area contributed by atoms with E-state index in [0.29, 0.717) is 11.8 Å². The summed E-state index contributed by atoms with van der Waals surface area (Å²) < 4.78 is 0. The highest BCUT2D eigenvalue weighted by atomic mass is 35.5. The van der Waals surface area contributed by atoms with Crippen LogP contribution in [0.3, 0.4) is 0 Å². The molecule has 0 saturated heterocycles. The Labute approximate surface area is 103 Å². The average Bonchev–Trinajstić information content (AvgIpc) is 2.26. The third kappa shape index (κ3) is 4.03. The number of hydrogen-bond donors (Lipinski definition) is 2. The number of hydrogen-bond acceptors (Lipinski definition) is 2. The first-order valence-electron chi connectivity index (χ1n) is 5.78. The lowest BCUT2D eigenvalue weighted by Crippen LogP contribution is -2.29. The molecule has 1 rings (SSSR count). The van der Waals surface area contributed by atoms with Crippen LogP contribution in [-0.2, 0) is 0 Å². The van der Waals surface area contributed by atoms with Crippen LogP contribution in [0.15, 0.2) is 24.3 Å². The van der Waals surface area contributed by atoms with Crippen molar-refractivity contribution in [3.8, 4) is 0 Å². The predicted molar refractivity (Wildman–Crippen MR) is 72.2 cm³/mol. The number of nitrogens with one attached hydrogen (secondary N) is 2. The summed E-state index contributed by atoms with van der Waals surface area (Å²) in [5.41, 5.74) is 1.02. The van der Waals surface area contributed by atoms with Crippen molar-refractivity contribution in [2.45, 2.75) is 13.8 Å². The van der Waals surface area contributed by atoms with E-state index in [2.05, 4.69) is 24.5 Å². The molecule has 0 saturated carbocycles. The summed E-state index contributed by atoms with van der Waals surface area (Å²) in [6.07, 6.45) is 0. The number of anilines is 1. The van der Waals surface area contributed by atoms with Crippen LogP contribution < -0.4 is 10.6 Å². The van der Waals surface area contributed by atoms with Crippen LogP contribution >= 0.6 is 11.6 Å². The summed E-state index contributed by atoms with van der Waals surface area (Å²) in [6, 6.07) is 7.86. The maximum Gasteiger partial charge on any atom is 0.0637 e. The van der Waals surface area contributed by atoms with E-state index in [1.807, 2.05) is 31.3 Å². The Kier molecular flexibility index (Phi) is 5.64. The molecule has 0 fully saturated rings.